The number of piperidine rings is 1. The molecule has 19 heavy (non-hydrogen) atoms. The topological polar surface area (TPSA) is 69.6 Å². The molecule has 0 bridgehead atoms. The van der Waals surface area contributed by atoms with Gasteiger partial charge in [0.25, 0.3) is 0 Å². The first-order valence-corrected chi connectivity index (χ1v) is 7.26. The quantitative estimate of drug-likeness (QED) is 0.728. The fraction of sp³-hybridized carbons (Fsp3) is 0.857. The number of hydrogen-bond donors (Lipinski definition) is 2. The van der Waals surface area contributed by atoms with Gasteiger partial charge in [-0.2, -0.15) is 0 Å². The van der Waals surface area contributed by atoms with E-state index in [1.807, 2.05) is 0 Å². The second-order valence-corrected chi connectivity index (χ2v) is 5.68. The van der Waals surface area contributed by atoms with Crippen molar-refractivity contribution >= 4 is 12.0 Å². The Hall–Kier alpha value is -1.26. The number of unbranched alkanes of at least 4 members (excludes halogenated alkanes) is 3. The van der Waals surface area contributed by atoms with Crippen molar-refractivity contribution in [1.82, 2.24) is 10.2 Å². The van der Waals surface area contributed by atoms with Gasteiger partial charge in [-0.1, -0.05) is 26.2 Å². The van der Waals surface area contributed by atoms with Crippen LogP contribution in [0, 0.1) is 5.41 Å². The highest BCUT2D eigenvalue weighted by atomic mass is 16.4. The number of carbonyl (C=O) groups is 2. The Labute approximate surface area is 115 Å². The molecule has 1 aliphatic heterocycles. The summed E-state index contributed by atoms with van der Waals surface area (Å²) in [5.74, 6) is -0.812. The van der Waals surface area contributed by atoms with E-state index in [0.717, 1.165) is 19.3 Å². The predicted molar refractivity (Wildman–Crippen MR) is 74.1 cm³/mol. The molecular formula is C14H26N2O3. The molecule has 0 aromatic heterocycles. The van der Waals surface area contributed by atoms with Gasteiger partial charge in [-0.15, -0.1) is 0 Å². The molecule has 0 spiro atoms. The lowest BCUT2D eigenvalue weighted by Crippen LogP contribution is -2.51. The minimum atomic E-state index is -0.812. The predicted octanol–water partition coefficient (Wildman–Crippen LogP) is 2.46. The van der Waals surface area contributed by atoms with Gasteiger partial charge in [0.05, 0.1) is 5.41 Å². The maximum atomic E-state index is 12.0. The summed E-state index contributed by atoms with van der Waals surface area (Å²) in [5.41, 5.74) is -0.794. The van der Waals surface area contributed by atoms with Crippen molar-refractivity contribution in [3.05, 3.63) is 0 Å². The number of carboxylic acids is 1. The summed E-state index contributed by atoms with van der Waals surface area (Å²) in [7, 11) is 0. The highest BCUT2D eigenvalue weighted by Gasteiger charge is 2.39. The summed E-state index contributed by atoms with van der Waals surface area (Å²) in [6.45, 7) is 5.51. The zero-order valence-corrected chi connectivity index (χ0v) is 12.1. The molecule has 1 rings (SSSR count). The van der Waals surface area contributed by atoms with Crippen molar-refractivity contribution in [2.24, 2.45) is 5.41 Å². The first-order chi connectivity index (χ1) is 8.99. The van der Waals surface area contributed by atoms with Gasteiger partial charge in [0.15, 0.2) is 0 Å². The SMILES string of the molecule is CCCCCCNC(=O)N1CCCC(C)(C(=O)O)C1. The number of nitrogens with one attached hydrogen (secondary N) is 1. The molecule has 1 fully saturated rings. The van der Waals surface area contributed by atoms with Gasteiger partial charge in [-0.05, 0) is 26.2 Å². The third-order valence-electron chi connectivity index (χ3n) is 3.81. The fourth-order valence-corrected chi connectivity index (χ4v) is 2.45. The molecular weight excluding hydrogens is 244 g/mol. The minimum absolute atomic E-state index is 0.122. The highest BCUT2D eigenvalue weighted by Crippen LogP contribution is 2.29. The van der Waals surface area contributed by atoms with Crippen molar-refractivity contribution in [1.29, 1.82) is 0 Å². The van der Waals surface area contributed by atoms with Crippen LogP contribution in [-0.2, 0) is 4.79 Å². The monoisotopic (exact) mass is 270 g/mol. The second kappa shape index (κ2) is 7.36. The van der Waals surface area contributed by atoms with E-state index in [0.29, 0.717) is 26.1 Å². The number of nitrogens with zero attached hydrogens (tertiary/aromatic N) is 1. The zero-order chi connectivity index (χ0) is 14.3. The molecule has 110 valence electrons. The van der Waals surface area contributed by atoms with E-state index in [4.69, 9.17) is 0 Å². The lowest BCUT2D eigenvalue weighted by molar-refractivity contribution is -0.150. The fourth-order valence-electron chi connectivity index (χ4n) is 2.45. The van der Waals surface area contributed by atoms with Crippen LogP contribution in [0.15, 0.2) is 0 Å². The van der Waals surface area contributed by atoms with Crippen molar-refractivity contribution < 1.29 is 14.7 Å². The number of likely N-dealkylation sites (tertiary alicyclic amines) is 1. The van der Waals surface area contributed by atoms with E-state index < -0.39 is 11.4 Å². The smallest absolute Gasteiger partial charge is 0.317 e. The van der Waals surface area contributed by atoms with E-state index in [1.54, 1.807) is 11.8 Å². The summed E-state index contributed by atoms with van der Waals surface area (Å²) in [5, 5.41) is 12.1. The highest BCUT2D eigenvalue weighted by molar-refractivity contribution is 5.78. The first-order valence-electron chi connectivity index (χ1n) is 7.26. The molecule has 1 aliphatic rings. The van der Waals surface area contributed by atoms with Crippen LogP contribution in [0.4, 0.5) is 4.79 Å². The molecule has 0 saturated carbocycles. The van der Waals surface area contributed by atoms with Gasteiger partial charge in [-0.3, -0.25) is 4.79 Å². The molecule has 0 aliphatic carbocycles. The Bertz CT molecular complexity index is 320. The van der Waals surface area contributed by atoms with E-state index >= 15 is 0 Å². The average Bonchev–Trinajstić information content (AvgIpc) is 2.38. The van der Waals surface area contributed by atoms with Crippen LogP contribution in [0.3, 0.4) is 0 Å². The molecule has 2 N–H and O–H groups in total. The Balaban J connectivity index is 2.34. The summed E-state index contributed by atoms with van der Waals surface area (Å²) in [6, 6.07) is -0.122. The molecule has 5 nitrogen and oxygen atoms in total. The maximum Gasteiger partial charge on any atom is 0.317 e. The molecule has 2 amide bonds. The molecule has 0 aromatic rings. The number of urea groups is 1. The number of carboxylic acid groups (broad SMARTS) is 1. The van der Waals surface area contributed by atoms with Gasteiger partial charge >= 0.3 is 12.0 Å². The van der Waals surface area contributed by atoms with Crippen LogP contribution < -0.4 is 5.32 Å². The van der Waals surface area contributed by atoms with Crippen molar-refractivity contribution in [3.63, 3.8) is 0 Å². The maximum absolute atomic E-state index is 12.0. The molecule has 0 aromatic carbocycles. The normalized spacial score (nSPS) is 23.2. The standard InChI is InChI=1S/C14H26N2O3/c1-3-4-5-6-9-15-13(19)16-10-7-8-14(2,11-16)12(17)18/h3-11H2,1-2H3,(H,15,19)(H,17,18). The lowest BCUT2D eigenvalue weighted by atomic mass is 9.82. The molecule has 1 heterocycles. The van der Waals surface area contributed by atoms with Crippen LogP contribution >= 0.6 is 0 Å². The third-order valence-corrected chi connectivity index (χ3v) is 3.81. The summed E-state index contributed by atoms with van der Waals surface area (Å²) < 4.78 is 0. The van der Waals surface area contributed by atoms with Crippen molar-refractivity contribution in [2.45, 2.75) is 52.4 Å². The first kappa shape index (κ1) is 15.8. The lowest BCUT2D eigenvalue weighted by Gasteiger charge is -2.37. The van der Waals surface area contributed by atoms with Crippen LogP contribution in [-0.4, -0.2) is 41.6 Å². The van der Waals surface area contributed by atoms with E-state index in [1.165, 1.54) is 12.8 Å². The largest absolute Gasteiger partial charge is 0.481 e. The Morgan fingerprint density at radius 1 is 1.32 bits per heavy atom. The summed E-state index contributed by atoms with van der Waals surface area (Å²) in [6.07, 6.45) is 5.88. The third kappa shape index (κ3) is 4.73. The second-order valence-electron chi connectivity index (χ2n) is 5.68. The van der Waals surface area contributed by atoms with Gasteiger partial charge in [0, 0.05) is 19.6 Å². The van der Waals surface area contributed by atoms with E-state index in [9.17, 15) is 14.7 Å². The van der Waals surface area contributed by atoms with Gasteiger partial charge in [0.1, 0.15) is 0 Å². The molecule has 0 radical (unpaired) electrons. The Kier molecular flexibility index (Phi) is 6.12. The molecule has 1 saturated heterocycles. The van der Waals surface area contributed by atoms with Crippen LogP contribution in [0.5, 0.6) is 0 Å². The Morgan fingerprint density at radius 2 is 2.05 bits per heavy atom. The van der Waals surface area contributed by atoms with Crippen LogP contribution in [0.1, 0.15) is 52.4 Å². The van der Waals surface area contributed by atoms with E-state index in [2.05, 4.69) is 12.2 Å². The molecule has 5 heteroatoms. The van der Waals surface area contributed by atoms with Crippen molar-refractivity contribution in [2.75, 3.05) is 19.6 Å². The number of aliphatic carboxylic acids is 1. The number of hydrogen-bond acceptors (Lipinski definition) is 2. The van der Waals surface area contributed by atoms with E-state index in [-0.39, 0.29) is 6.03 Å². The number of carbonyl (C=O) groups excluding carboxylic acids is 1. The van der Waals surface area contributed by atoms with Crippen molar-refractivity contribution in [3.8, 4) is 0 Å². The van der Waals surface area contributed by atoms with Gasteiger partial charge in [-0.25, -0.2) is 4.79 Å². The molecule has 1 unspecified atom stereocenters. The molecule has 1 atom stereocenters. The van der Waals surface area contributed by atoms with Gasteiger partial charge in [0.2, 0.25) is 0 Å². The van der Waals surface area contributed by atoms with Crippen LogP contribution in [0.25, 0.3) is 0 Å². The minimum Gasteiger partial charge on any atom is -0.481 e. The van der Waals surface area contributed by atoms with Crippen LogP contribution in [0.2, 0.25) is 0 Å². The number of rotatable bonds is 6. The number of amides is 2. The summed E-state index contributed by atoms with van der Waals surface area (Å²) in [4.78, 5) is 24.8. The summed E-state index contributed by atoms with van der Waals surface area (Å²) >= 11 is 0. The van der Waals surface area contributed by atoms with Gasteiger partial charge < -0.3 is 15.3 Å². The Morgan fingerprint density at radius 3 is 2.68 bits per heavy atom. The average molecular weight is 270 g/mol. The zero-order valence-electron chi connectivity index (χ0n) is 12.1.